The summed E-state index contributed by atoms with van der Waals surface area (Å²) in [5.41, 5.74) is 2.44. The predicted molar refractivity (Wildman–Crippen MR) is 115 cm³/mol. The fourth-order valence-electron chi connectivity index (χ4n) is 2.96. The van der Waals surface area contributed by atoms with Gasteiger partial charge in [-0.2, -0.15) is 0 Å². The summed E-state index contributed by atoms with van der Waals surface area (Å²) in [4.78, 5) is 25.0. The van der Waals surface area contributed by atoms with E-state index in [1.165, 1.54) is 5.56 Å². The Balaban J connectivity index is 1.97. The zero-order valence-electron chi connectivity index (χ0n) is 17.1. The van der Waals surface area contributed by atoms with Crippen molar-refractivity contribution in [3.05, 3.63) is 57.8 Å². The predicted octanol–water partition coefficient (Wildman–Crippen LogP) is 3.27. The molecule has 2 amide bonds. The van der Waals surface area contributed by atoms with Crippen LogP contribution in [0, 0.1) is 5.92 Å². The number of nitrogens with one attached hydrogen (secondary N) is 3. The average molecular weight is 402 g/mol. The van der Waals surface area contributed by atoms with Gasteiger partial charge >= 0.3 is 0 Å². The largest absolute Gasteiger partial charge is 0.352 e. The third-order valence-electron chi connectivity index (χ3n) is 4.15. The molecule has 0 aliphatic rings. The van der Waals surface area contributed by atoms with Crippen LogP contribution in [0.4, 0.5) is 0 Å². The maximum atomic E-state index is 12.2. The van der Waals surface area contributed by atoms with Gasteiger partial charge in [-0.05, 0) is 48.8 Å². The third kappa shape index (κ3) is 7.44. The summed E-state index contributed by atoms with van der Waals surface area (Å²) in [6.07, 6.45) is 1.05. The van der Waals surface area contributed by atoms with Gasteiger partial charge in [0.15, 0.2) is 0 Å². The van der Waals surface area contributed by atoms with Gasteiger partial charge in [-0.1, -0.05) is 44.2 Å². The Morgan fingerprint density at radius 3 is 2.25 bits per heavy atom. The quantitative estimate of drug-likeness (QED) is 0.572. The van der Waals surface area contributed by atoms with Crippen LogP contribution in [0.5, 0.6) is 0 Å². The van der Waals surface area contributed by atoms with Crippen LogP contribution in [-0.4, -0.2) is 30.9 Å². The number of benzene rings is 1. The number of carbonyl (C=O) groups excluding carboxylic acids is 2. The summed E-state index contributed by atoms with van der Waals surface area (Å²) >= 11 is 1.66. The molecule has 1 atom stereocenters. The second-order valence-electron chi connectivity index (χ2n) is 7.67. The molecule has 0 aliphatic heterocycles. The van der Waals surface area contributed by atoms with Crippen molar-refractivity contribution in [2.45, 2.75) is 46.2 Å². The molecule has 1 aromatic carbocycles. The number of rotatable bonds is 10. The molecule has 6 heteroatoms. The molecule has 5 nitrogen and oxygen atoms in total. The van der Waals surface area contributed by atoms with E-state index in [4.69, 9.17) is 0 Å². The Bertz CT molecular complexity index is 740. The molecule has 0 saturated heterocycles. The second-order valence-corrected chi connectivity index (χ2v) is 8.65. The van der Waals surface area contributed by atoms with Crippen LogP contribution in [0.1, 0.15) is 49.7 Å². The molecule has 2 aromatic rings. The lowest BCUT2D eigenvalue weighted by molar-refractivity contribution is -0.125. The molecule has 0 spiro atoms. The maximum absolute atomic E-state index is 12.2. The van der Waals surface area contributed by atoms with Crippen LogP contribution in [0.25, 0.3) is 0 Å². The molecule has 152 valence electrons. The van der Waals surface area contributed by atoms with E-state index in [9.17, 15) is 9.59 Å². The van der Waals surface area contributed by atoms with Gasteiger partial charge in [0.2, 0.25) is 11.8 Å². The zero-order chi connectivity index (χ0) is 20.5. The zero-order valence-corrected chi connectivity index (χ0v) is 17.9. The van der Waals surface area contributed by atoms with E-state index in [-0.39, 0.29) is 37.0 Å². The Labute approximate surface area is 171 Å². The van der Waals surface area contributed by atoms with Gasteiger partial charge in [0, 0.05) is 10.9 Å². The van der Waals surface area contributed by atoms with Crippen LogP contribution >= 0.6 is 11.3 Å². The second kappa shape index (κ2) is 11.0. The lowest BCUT2D eigenvalue weighted by Gasteiger charge is -2.19. The van der Waals surface area contributed by atoms with Gasteiger partial charge in [-0.15, -0.1) is 11.3 Å². The third-order valence-corrected chi connectivity index (χ3v) is 5.08. The summed E-state index contributed by atoms with van der Waals surface area (Å²) in [6, 6.07) is 12.7. The molecule has 1 heterocycles. The molecular formula is C22H31N3O2S. The Hall–Kier alpha value is -2.18. The number of hydrogen-bond donors (Lipinski definition) is 3. The van der Waals surface area contributed by atoms with Crippen LogP contribution < -0.4 is 16.0 Å². The van der Waals surface area contributed by atoms with Crippen molar-refractivity contribution in [1.29, 1.82) is 0 Å². The smallest absolute Gasteiger partial charge is 0.239 e. The van der Waals surface area contributed by atoms with E-state index in [0.29, 0.717) is 5.92 Å². The van der Waals surface area contributed by atoms with E-state index in [1.807, 2.05) is 25.3 Å². The Kier molecular flexibility index (Phi) is 8.67. The summed E-state index contributed by atoms with van der Waals surface area (Å²) in [6.45, 7) is 8.34. The summed E-state index contributed by atoms with van der Waals surface area (Å²) in [5.74, 6) is 0.240. The van der Waals surface area contributed by atoms with Crippen LogP contribution in [0.3, 0.4) is 0 Å². The van der Waals surface area contributed by atoms with Gasteiger partial charge in [0.25, 0.3) is 0 Å². The van der Waals surface area contributed by atoms with Crippen molar-refractivity contribution in [3.63, 3.8) is 0 Å². The average Bonchev–Trinajstić information content (AvgIpc) is 3.15. The fourth-order valence-corrected chi connectivity index (χ4v) is 3.79. The highest BCUT2D eigenvalue weighted by atomic mass is 32.1. The standard InChI is InChI=1S/C22H31N3O2S/c1-15(2)12-17-7-9-18(10-8-17)22(19-6-5-11-28-19)24-13-20(26)23-14-21(27)25-16(3)4/h5-11,15-16,22,24H,12-14H2,1-4H3,(H,23,26)(H,25,27)/t22-/m0/s1. The molecule has 0 bridgehead atoms. The molecule has 0 unspecified atom stereocenters. The molecule has 0 saturated carbocycles. The van der Waals surface area contributed by atoms with Gasteiger partial charge < -0.3 is 10.6 Å². The normalized spacial score (nSPS) is 12.2. The highest BCUT2D eigenvalue weighted by Gasteiger charge is 2.16. The maximum Gasteiger partial charge on any atom is 0.239 e. The van der Waals surface area contributed by atoms with E-state index in [2.05, 4.69) is 60.1 Å². The van der Waals surface area contributed by atoms with Crippen molar-refractivity contribution < 1.29 is 9.59 Å². The lowest BCUT2D eigenvalue weighted by Crippen LogP contribution is -2.43. The first-order valence-corrected chi connectivity index (χ1v) is 10.6. The SMILES string of the molecule is CC(C)Cc1ccc([C@H](NCC(=O)NCC(=O)NC(C)C)c2cccs2)cc1. The molecule has 0 radical (unpaired) electrons. The minimum atomic E-state index is -0.197. The summed E-state index contributed by atoms with van der Waals surface area (Å²) < 4.78 is 0. The van der Waals surface area contributed by atoms with Gasteiger partial charge in [-0.3, -0.25) is 14.9 Å². The summed E-state index contributed by atoms with van der Waals surface area (Å²) in [5, 5.41) is 10.8. The molecule has 0 fully saturated rings. The number of thiophene rings is 1. The fraction of sp³-hybridized carbons (Fsp3) is 0.455. The van der Waals surface area contributed by atoms with Gasteiger partial charge in [-0.25, -0.2) is 0 Å². The van der Waals surface area contributed by atoms with Crippen LogP contribution in [0.15, 0.2) is 41.8 Å². The number of carbonyl (C=O) groups is 2. The summed E-state index contributed by atoms with van der Waals surface area (Å²) in [7, 11) is 0. The van der Waals surface area contributed by atoms with E-state index in [0.717, 1.165) is 16.9 Å². The minimum Gasteiger partial charge on any atom is -0.352 e. The first-order chi connectivity index (χ1) is 13.3. The van der Waals surface area contributed by atoms with Crippen LogP contribution in [-0.2, 0) is 16.0 Å². The minimum absolute atomic E-state index is 0.00768. The van der Waals surface area contributed by atoms with Gasteiger partial charge in [0.05, 0.1) is 19.1 Å². The number of hydrogen-bond acceptors (Lipinski definition) is 4. The number of amides is 2. The molecular weight excluding hydrogens is 370 g/mol. The van der Waals surface area contributed by atoms with Crippen molar-refractivity contribution in [1.82, 2.24) is 16.0 Å². The van der Waals surface area contributed by atoms with E-state index < -0.39 is 0 Å². The van der Waals surface area contributed by atoms with Crippen molar-refractivity contribution in [2.24, 2.45) is 5.92 Å². The van der Waals surface area contributed by atoms with Gasteiger partial charge in [0.1, 0.15) is 0 Å². The topological polar surface area (TPSA) is 70.2 Å². The van der Waals surface area contributed by atoms with E-state index >= 15 is 0 Å². The monoisotopic (exact) mass is 401 g/mol. The Morgan fingerprint density at radius 2 is 1.68 bits per heavy atom. The van der Waals surface area contributed by atoms with Crippen LogP contribution in [0.2, 0.25) is 0 Å². The molecule has 28 heavy (non-hydrogen) atoms. The Morgan fingerprint density at radius 1 is 0.964 bits per heavy atom. The van der Waals surface area contributed by atoms with Crippen molar-refractivity contribution >= 4 is 23.2 Å². The molecule has 1 aromatic heterocycles. The molecule has 3 N–H and O–H groups in total. The molecule has 0 aliphatic carbocycles. The molecule has 2 rings (SSSR count). The highest BCUT2D eigenvalue weighted by Crippen LogP contribution is 2.26. The van der Waals surface area contributed by atoms with E-state index in [1.54, 1.807) is 11.3 Å². The highest BCUT2D eigenvalue weighted by molar-refractivity contribution is 7.10. The lowest BCUT2D eigenvalue weighted by atomic mass is 9.99. The van der Waals surface area contributed by atoms with Crippen molar-refractivity contribution in [3.8, 4) is 0 Å². The first kappa shape index (κ1) is 22.1. The first-order valence-electron chi connectivity index (χ1n) is 9.76. The van der Waals surface area contributed by atoms with Crippen molar-refractivity contribution in [2.75, 3.05) is 13.1 Å².